The van der Waals surface area contributed by atoms with Crippen molar-refractivity contribution in [2.24, 2.45) is 11.5 Å². The number of amides is 2. The minimum Gasteiger partial charge on any atom is -0.379 e. The van der Waals surface area contributed by atoms with Crippen LogP contribution in [0.15, 0.2) is 42.5 Å². The van der Waals surface area contributed by atoms with Gasteiger partial charge in [0.1, 0.15) is 11.7 Å². The van der Waals surface area contributed by atoms with Gasteiger partial charge in [-0.1, -0.05) is 30.3 Å². The van der Waals surface area contributed by atoms with Crippen molar-refractivity contribution in [2.75, 3.05) is 32.8 Å². The van der Waals surface area contributed by atoms with Crippen LogP contribution in [-0.4, -0.2) is 66.7 Å². The molecule has 0 saturated carbocycles. The standard InChI is InChI=1S/C21H29N7O3/c22-21(23)24-10-4-7-17(20(30)27-28-11-13-31-14-12-28)26-19(29)18-9-8-16(25-18)15-5-2-1-3-6-15/h1-3,5-6,8-9,17,25H,4,7,10-14H2,(H,26,29)(H,27,30)(H4,22,23,24)/p+1. The number of nitrogens with two attached hydrogens (primary N) is 2. The number of nitrogens with one attached hydrogen (secondary N) is 4. The molecule has 1 fully saturated rings. The van der Waals surface area contributed by atoms with Crippen molar-refractivity contribution in [1.29, 1.82) is 0 Å². The maximum Gasteiger partial charge on any atom is 0.338 e. The first-order chi connectivity index (χ1) is 15.0. The zero-order valence-electron chi connectivity index (χ0n) is 17.4. The lowest BCUT2D eigenvalue weighted by Crippen LogP contribution is -2.78. The van der Waals surface area contributed by atoms with Crippen LogP contribution >= 0.6 is 0 Å². The van der Waals surface area contributed by atoms with Gasteiger partial charge in [-0.25, -0.2) is 5.01 Å². The molecule has 1 saturated heterocycles. The molecule has 0 bridgehead atoms. The van der Waals surface area contributed by atoms with E-state index in [1.165, 1.54) is 0 Å². The normalized spacial score (nSPS) is 15.1. The van der Waals surface area contributed by atoms with Gasteiger partial charge >= 0.3 is 5.96 Å². The highest BCUT2D eigenvalue weighted by Crippen LogP contribution is 2.18. The molecule has 2 amide bonds. The fraction of sp³-hybridized carbons (Fsp3) is 0.381. The van der Waals surface area contributed by atoms with Crippen molar-refractivity contribution < 1.29 is 19.3 Å². The van der Waals surface area contributed by atoms with Crippen LogP contribution in [0.1, 0.15) is 23.3 Å². The number of ether oxygens (including phenoxy) is 1. The Morgan fingerprint density at radius 3 is 2.58 bits per heavy atom. The quantitative estimate of drug-likeness (QED) is 0.159. The largest absolute Gasteiger partial charge is 0.379 e. The van der Waals surface area contributed by atoms with Crippen LogP contribution in [-0.2, 0) is 9.53 Å². The lowest BCUT2D eigenvalue weighted by atomic mass is 10.1. The first-order valence-corrected chi connectivity index (χ1v) is 10.3. The molecule has 8 N–H and O–H groups in total. The third-order valence-electron chi connectivity index (χ3n) is 4.92. The molecule has 2 heterocycles. The van der Waals surface area contributed by atoms with E-state index in [4.69, 9.17) is 16.2 Å². The summed E-state index contributed by atoms with van der Waals surface area (Å²) in [7, 11) is 0. The topological polar surface area (TPSA) is 152 Å². The Morgan fingerprint density at radius 1 is 1.13 bits per heavy atom. The second-order valence-corrected chi connectivity index (χ2v) is 7.28. The van der Waals surface area contributed by atoms with Crippen molar-refractivity contribution in [2.45, 2.75) is 18.9 Å². The number of carbonyl (C=O) groups excluding carboxylic acids is 2. The second-order valence-electron chi connectivity index (χ2n) is 7.28. The number of aromatic amines is 1. The van der Waals surface area contributed by atoms with E-state index in [0.717, 1.165) is 11.3 Å². The first kappa shape index (κ1) is 22.3. The molecule has 1 aromatic heterocycles. The van der Waals surface area contributed by atoms with Gasteiger partial charge in [-0.3, -0.25) is 31.5 Å². The van der Waals surface area contributed by atoms with Crippen molar-refractivity contribution in [3.05, 3.63) is 48.2 Å². The Labute approximate surface area is 181 Å². The maximum atomic E-state index is 12.8. The molecule has 3 rings (SSSR count). The smallest absolute Gasteiger partial charge is 0.338 e. The number of aromatic nitrogens is 1. The molecule has 10 nitrogen and oxygen atoms in total. The zero-order valence-corrected chi connectivity index (χ0v) is 17.4. The maximum absolute atomic E-state index is 12.8. The number of guanidine groups is 1. The highest BCUT2D eigenvalue weighted by atomic mass is 16.5. The summed E-state index contributed by atoms with van der Waals surface area (Å²) >= 11 is 0. The van der Waals surface area contributed by atoms with Crippen LogP contribution in [0.2, 0.25) is 0 Å². The Kier molecular flexibility index (Phi) is 8.02. The minimum atomic E-state index is -0.709. The molecule has 1 aliphatic heterocycles. The van der Waals surface area contributed by atoms with Gasteiger partial charge in [-0.05, 0) is 30.5 Å². The van der Waals surface area contributed by atoms with Crippen molar-refractivity contribution in [1.82, 2.24) is 20.7 Å². The molecular weight excluding hydrogens is 398 g/mol. The Hall–Kier alpha value is -3.37. The summed E-state index contributed by atoms with van der Waals surface area (Å²) in [6.07, 6.45) is 1.02. The monoisotopic (exact) mass is 428 g/mol. The summed E-state index contributed by atoms with van der Waals surface area (Å²) in [5.41, 5.74) is 15.9. The fourth-order valence-corrected chi connectivity index (χ4v) is 3.27. The molecule has 0 radical (unpaired) electrons. The molecule has 1 aliphatic rings. The summed E-state index contributed by atoms with van der Waals surface area (Å²) in [6.45, 7) is 2.81. The average molecular weight is 429 g/mol. The number of hydrogen-bond acceptors (Lipinski definition) is 4. The Morgan fingerprint density at radius 2 is 1.87 bits per heavy atom. The van der Waals surface area contributed by atoms with Gasteiger partial charge in [0.2, 0.25) is 0 Å². The van der Waals surface area contributed by atoms with E-state index in [0.29, 0.717) is 51.4 Å². The number of morpholine rings is 1. The Bertz CT molecular complexity index is 887. The van der Waals surface area contributed by atoms with Crippen LogP contribution in [0.3, 0.4) is 0 Å². The number of benzene rings is 1. The number of rotatable bonds is 9. The molecular formula is C21H30N7O3+. The molecule has 1 atom stereocenters. The SMILES string of the molecule is NC(N)=[NH+]CCCC(NC(=O)c1ccc(-c2ccccc2)[nH]1)C(=O)NN1CCOCC1. The van der Waals surface area contributed by atoms with E-state index >= 15 is 0 Å². The molecule has 1 unspecified atom stereocenters. The fourth-order valence-electron chi connectivity index (χ4n) is 3.27. The highest BCUT2D eigenvalue weighted by Gasteiger charge is 2.24. The zero-order chi connectivity index (χ0) is 22.1. The Balaban J connectivity index is 1.64. The lowest BCUT2D eigenvalue weighted by molar-refractivity contribution is -0.459. The van der Waals surface area contributed by atoms with Gasteiger partial charge in [-0.2, -0.15) is 0 Å². The number of H-pyrrole nitrogens is 1. The predicted molar refractivity (Wildman–Crippen MR) is 116 cm³/mol. The summed E-state index contributed by atoms with van der Waals surface area (Å²) in [6, 6.07) is 12.6. The number of nitrogens with zero attached hydrogens (tertiary/aromatic N) is 1. The van der Waals surface area contributed by atoms with Crippen molar-refractivity contribution in [3.63, 3.8) is 0 Å². The van der Waals surface area contributed by atoms with Crippen molar-refractivity contribution >= 4 is 17.8 Å². The van der Waals surface area contributed by atoms with Crippen LogP contribution in [0.4, 0.5) is 0 Å². The molecule has 0 aliphatic carbocycles. The molecule has 31 heavy (non-hydrogen) atoms. The summed E-state index contributed by atoms with van der Waals surface area (Å²) in [4.78, 5) is 31.6. The molecule has 2 aromatic rings. The summed E-state index contributed by atoms with van der Waals surface area (Å²) in [5.74, 6) is -0.491. The number of carbonyl (C=O) groups is 2. The summed E-state index contributed by atoms with van der Waals surface area (Å²) < 4.78 is 5.30. The average Bonchev–Trinajstić information content (AvgIpc) is 3.27. The second kappa shape index (κ2) is 11.1. The van der Waals surface area contributed by atoms with Gasteiger partial charge in [0, 0.05) is 18.8 Å². The molecule has 1 aromatic carbocycles. The molecule has 10 heteroatoms. The van der Waals surface area contributed by atoms with Crippen LogP contribution in [0, 0.1) is 0 Å². The van der Waals surface area contributed by atoms with Crippen LogP contribution < -0.4 is 27.2 Å². The molecule has 0 spiro atoms. The van der Waals surface area contributed by atoms with Crippen LogP contribution in [0.25, 0.3) is 11.3 Å². The van der Waals surface area contributed by atoms with E-state index in [2.05, 4.69) is 20.7 Å². The van der Waals surface area contributed by atoms with Gasteiger partial charge in [0.15, 0.2) is 0 Å². The van der Waals surface area contributed by atoms with Gasteiger partial charge in [-0.15, -0.1) is 0 Å². The van der Waals surface area contributed by atoms with Gasteiger partial charge in [0.05, 0.1) is 19.8 Å². The number of hydrazine groups is 1. The van der Waals surface area contributed by atoms with E-state index in [1.807, 2.05) is 36.4 Å². The van der Waals surface area contributed by atoms with E-state index in [9.17, 15) is 9.59 Å². The van der Waals surface area contributed by atoms with Crippen molar-refractivity contribution in [3.8, 4) is 11.3 Å². The highest BCUT2D eigenvalue weighted by molar-refractivity contribution is 5.96. The van der Waals surface area contributed by atoms with Crippen LogP contribution in [0.5, 0.6) is 0 Å². The minimum absolute atomic E-state index is 0.123. The van der Waals surface area contributed by atoms with Gasteiger partial charge < -0.3 is 15.0 Å². The molecule has 166 valence electrons. The van der Waals surface area contributed by atoms with E-state index in [-0.39, 0.29) is 17.8 Å². The van der Waals surface area contributed by atoms with Gasteiger partial charge in [0.25, 0.3) is 11.8 Å². The third-order valence-corrected chi connectivity index (χ3v) is 4.92. The first-order valence-electron chi connectivity index (χ1n) is 10.3. The third kappa shape index (κ3) is 6.83. The van der Waals surface area contributed by atoms with E-state index < -0.39 is 6.04 Å². The predicted octanol–water partition coefficient (Wildman–Crippen LogP) is -1.72. The van der Waals surface area contributed by atoms with E-state index in [1.54, 1.807) is 11.1 Å². The summed E-state index contributed by atoms with van der Waals surface area (Å²) in [5, 5.41) is 4.64. The lowest BCUT2D eigenvalue weighted by Gasteiger charge is -2.29. The number of hydrogen-bond donors (Lipinski definition) is 6.